The largest absolute Gasteiger partial charge is 0.493 e. The van der Waals surface area contributed by atoms with Gasteiger partial charge in [-0.05, 0) is 29.9 Å². The maximum Gasteiger partial charge on any atom is 0.164 e. The number of rotatable bonds is 4. The Bertz CT molecular complexity index is 497. The summed E-state index contributed by atoms with van der Waals surface area (Å²) in [5.41, 5.74) is 8.80. The zero-order valence-electron chi connectivity index (χ0n) is 14.1. The molecule has 0 heterocycles. The average Bonchev–Trinajstić information content (AvgIpc) is 2.94. The normalized spacial score (nSPS) is 17.8. The minimum Gasteiger partial charge on any atom is -0.493 e. The van der Waals surface area contributed by atoms with Crippen molar-refractivity contribution in [1.82, 2.24) is 0 Å². The Balaban J connectivity index is 2.67. The SMILES string of the molecule is COc1cc(C(C)(C)C)cc(C2(CN)CCCC2)c1OC. The van der Waals surface area contributed by atoms with Crippen LogP contribution in [0.4, 0.5) is 0 Å². The molecule has 1 aliphatic rings. The second kappa shape index (κ2) is 5.88. The van der Waals surface area contributed by atoms with Gasteiger partial charge in [-0.25, -0.2) is 0 Å². The van der Waals surface area contributed by atoms with Gasteiger partial charge in [0.25, 0.3) is 0 Å². The van der Waals surface area contributed by atoms with Crippen LogP contribution >= 0.6 is 0 Å². The lowest BCUT2D eigenvalue weighted by atomic mass is 9.75. The van der Waals surface area contributed by atoms with E-state index in [1.165, 1.54) is 24.0 Å². The summed E-state index contributed by atoms with van der Waals surface area (Å²) in [6, 6.07) is 4.39. The van der Waals surface area contributed by atoms with Crippen LogP contribution in [0.15, 0.2) is 12.1 Å². The lowest BCUT2D eigenvalue weighted by Gasteiger charge is -2.32. The van der Waals surface area contributed by atoms with E-state index in [-0.39, 0.29) is 10.8 Å². The summed E-state index contributed by atoms with van der Waals surface area (Å²) >= 11 is 0. The van der Waals surface area contributed by atoms with Crippen LogP contribution < -0.4 is 15.2 Å². The molecule has 2 N–H and O–H groups in total. The molecule has 1 aromatic rings. The predicted octanol–water partition coefficient (Wildman–Crippen LogP) is 3.77. The van der Waals surface area contributed by atoms with Gasteiger partial charge < -0.3 is 15.2 Å². The highest BCUT2D eigenvalue weighted by Gasteiger charge is 2.38. The molecule has 3 nitrogen and oxygen atoms in total. The Labute approximate surface area is 128 Å². The molecule has 1 aliphatic carbocycles. The molecule has 1 fully saturated rings. The lowest BCUT2D eigenvalue weighted by molar-refractivity contribution is 0.335. The summed E-state index contributed by atoms with van der Waals surface area (Å²) in [7, 11) is 3.43. The van der Waals surface area contributed by atoms with Crippen molar-refractivity contribution in [3.05, 3.63) is 23.3 Å². The molecule has 0 atom stereocenters. The third-order valence-corrected chi connectivity index (χ3v) is 4.87. The maximum atomic E-state index is 6.18. The zero-order chi connectivity index (χ0) is 15.7. The first-order valence-corrected chi connectivity index (χ1v) is 7.85. The van der Waals surface area contributed by atoms with Gasteiger partial charge in [-0.3, -0.25) is 0 Å². The number of nitrogens with two attached hydrogens (primary N) is 1. The van der Waals surface area contributed by atoms with Crippen LogP contribution in [0.2, 0.25) is 0 Å². The van der Waals surface area contributed by atoms with Crippen molar-refractivity contribution in [2.75, 3.05) is 20.8 Å². The molecule has 0 unspecified atom stereocenters. The molecule has 0 aliphatic heterocycles. The first-order valence-electron chi connectivity index (χ1n) is 7.85. The second-order valence-corrected chi connectivity index (χ2v) is 7.20. The molecule has 0 aromatic heterocycles. The van der Waals surface area contributed by atoms with Gasteiger partial charge in [-0.1, -0.05) is 39.7 Å². The van der Waals surface area contributed by atoms with Crippen LogP contribution in [0, 0.1) is 0 Å². The molecule has 1 saturated carbocycles. The van der Waals surface area contributed by atoms with E-state index in [1.807, 2.05) is 0 Å². The molecular weight excluding hydrogens is 262 g/mol. The standard InChI is InChI=1S/C18H29NO2/c1-17(2,3)13-10-14(16(21-5)15(11-13)20-4)18(12-19)8-6-7-9-18/h10-11H,6-9,12,19H2,1-5H3. The van der Waals surface area contributed by atoms with Gasteiger partial charge in [0.15, 0.2) is 11.5 Å². The van der Waals surface area contributed by atoms with E-state index in [1.54, 1.807) is 14.2 Å². The van der Waals surface area contributed by atoms with Gasteiger partial charge in [0.05, 0.1) is 14.2 Å². The van der Waals surface area contributed by atoms with Crippen LogP contribution in [0.3, 0.4) is 0 Å². The van der Waals surface area contributed by atoms with E-state index in [0.717, 1.165) is 24.3 Å². The smallest absolute Gasteiger partial charge is 0.164 e. The fraction of sp³-hybridized carbons (Fsp3) is 0.667. The number of methoxy groups -OCH3 is 2. The highest BCUT2D eigenvalue weighted by molar-refractivity contribution is 5.54. The van der Waals surface area contributed by atoms with Gasteiger partial charge >= 0.3 is 0 Å². The summed E-state index contributed by atoms with van der Waals surface area (Å²) in [6.07, 6.45) is 4.75. The summed E-state index contributed by atoms with van der Waals surface area (Å²) in [5, 5.41) is 0. The molecular formula is C18H29NO2. The van der Waals surface area contributed by atoms with Gasteiger partial charge in [0.1, 0.15) is 0 Å². The molecule has 0 radical (unpaired) electrons. The lowest BCUT2D eigenvalue weighted by Crippen LogP contribution is -2.33. The van der Waals surface area contributed by atoms with E-state index in [0.29, 0.717) is 6.54 Å². The Hall–Kier alpha value is -1.22. The highest BCUT2D eigenvalue weighted by Crippen LogP contribution is 2.48. The maximum absolute atomic E-state index is 6.18. The van der Waals surface area contributed by atoms with E-state index >= 15 is 0 Å². The predicted molar refractivity (Wildman–Crippen MR) is 87.4 cm³/mol. The van der Waals surface area contributed by atoms with Crippen molar-refractivity contribution in [3.63, 3.8) is 0 Å². The number of hydrogen-bond donors (Lipinski definition) is 1. The van der Waals surface area contributed by atoms with E-state index in [9.17, 15) is 0 Å². The molecule has 118 valence electrons. The fourth-order valence-corrected chi connectivity index (χ4v) is 3.43. The van der Waals surface area contributed by atoms with Gasteiger partial charge in [0, 0.05) is 17.5 Å². The van der Waals surface area contributed by atoms with Gasteiger partial charge in [0.2, 0.25) is 0 Å². The van der Waals surface area contributed by atoms with Crippen molar-refractivity contribution in [3.8, 4) is 11.5 Å². The van der Waals surface area contributed by atoms with Crippen molar-refractivity contribution < 1.29 is 9.47 Å². The molecule has 2 rings (SSSR count). The van der Waals surface area contributed by atoms with Crippen molar-refractivity contribution >= 4 is 0 Å². The van der Waals surface area contributed by atoms with E-state index in [2.05, 4.69) is 32.9 Å². The minimum absolute atomic E-state index is 0.0416. The first kappa shape index (κ1) is 16.2. The van der Waals surface area contributed by atoms with Gasteiger partial charge in [-0.15, -0.1) is 0 Å². The van der Waals surface area contributed by atoms with Crippen molar-refractivity contribution in [2.24, 2.45) is 5.73 Å². The summed E-state index contributed by atoms with van der Waals surface area (Å²) in [6.45, 7) is 7.34. The fourth-order valence-electron chi connectivity index (χ4n) is 3.43. The van der Waals surface area contributed by atoms with Crippen molar-refractivity contribution in [2.45, 2.75) is 57.3 Å². The third kappa shape index (κ3) is 2.89. The minimum atomic E-state index is 0.0416. The number of hydrogen-bond acceptors (Lipinski definition) is 3. The van der Waals surface area contributed by atoms with Crippen LogP contribution in [0.1, 0.15) is 57.6 Å². The van der Waals surface area contributed by atoms with Crippen LogP contribution in [-0.2, 0) is 10.8 Å². The molecule has 0 saturated heterocycles. The Morgan fingerprint density at radius 3 is 2.14 bits per heavy atom. The Kier molecular flexibility index (Phi) is 4.52. The first-order chi connectivity index (χ1) is 9.88. The summed E-state index contributed by atoms with van der Waals surface area (Å²) in [5.74, 6) is 1.68. The highest BCUT2D eigenvalue weighted by atomic mass is 16.5. The molecule has 0 amide bonds. The number of benzene rings is 1. The van der Waals surface area contributed by atoms with E-state index in [4.69, 9.17) is 15.2 Å². The van der Waals surface area contributed by atoms with Crippen LogP contribution in [0.5, 0.6) is 11.5 Å². The third-order valence-electron chi connectivity index (χ3n) is 4.87. The Morgan fingerprint density at radius 2 is 1.71 bits per heavy atom. The molecule has 1 aromatic carbocycles. The average molecular weight is 291 g/mol. The summed E-state index contributed by atoms with van der Waals surface area (Å²) in [4.78, 5) is 0. The zero-order valence-corrected chi connectivity index (χ0v) is 14.1. The quantitative estimate of drug-likeness (QED) is 0.918. The Morgan fingerprint density at radius 1 is 1.10 bits per heavy atom. The number of ether oxygens (including phenoxy) is 2. The van der Waals surface area contributed by atoms with Crippen LogP contribution in [-0.4, -0.2) is 20.8 Å². The molecule has 0 bridgehead atoms. The van der Waals surface area contributed by atoms with Crippen LogP contribution in [0.25, 0.3) is 0 Å². The monoisotopic (exact) mass is 291 g/mol. The molecule has 3 heteroatoms. The molecule has 0 spiro atoms. The van der Waals surface area contributed by atoms with E-state index < -0.39 is 0 Å². The van der Waals surface area contributed by atoms with Gasteiger partial charge in [-0.2, -0.15) is 0 Å². The van der Waals surface area contributed by atoms with Crippen molar-refractivity contribution in [1.29, 1.82) is 0 Å². The second-order valence-electron chi connectivity index (χ2n) is 7.20. The topological polar surface area (TPSA) is 44.5 Å². The molecule has 21 heavy (non-hydrogen) atoms. The summed E-state index contributed by atoms with van der Waals surface area (Å²) < 4.78 is 11.3.